The largest absolute Gasteiger partial charge is 0.377 e. The van der Waals surface area contributed by atoms with Gasteiger partial charge in [-0.3, -0.25) is 14.4 Å². The number of amides is 2. The molecule has 0 aromatic rings. The minimum atomic E-state index is -0.231. The van der Waals surface area contributed by atoms with Crippen LogP contribution in [-0.2, 0) is 33.3 Å². The Hall–Kier alpha value is -1.55. The van der Waals surface area contributed by atoms with E-state index in [0.717, 1.165) is 0 Å². The maximum Gasteiger partial charge on any atom is 0.246 e. The standard InChI is InChI=1S/C17H32N2O7/c1-14(2)16(21)12-25-10-8-24-7-5-19-17(22)13-26-11-9-23-6-4-18-15(3)20/h14H,4-13H2,1-3H3,(H,18,20)(H,19,22). The van der Waals surface area contributed by atoms with E-state index in [1.807, 2.05) is 13.8 Å². The van der Waals surface area contributed by atoms with Crippen molar-refractivity contribution in [3.05, 3.63) is 0 Å². The van der Waals surface area contributed by atoms with Crippen molar-refractivity contribution in [2.45, 2.75) is 20.8 Å². The molecular formula is C17H32N2O7. The Balaban J connectivity index is 3.27. The highest BCUT2D eigenvalue weighted by Crippen LogP contribution is 1.94. The molecule has 26 heavy (non-hydrogen) atoms. The van der Waals surface area contributed by atoms with Crippen LogP contribution >= 0.6 is 0 Å². The molecule has 152 valence electrons. The highest BCUT2D eigenvalue weighted by atomic mass is 16.5. The third kappa shape index (κ3) is 17.3. The van der Waals surface area contributed by atoms with Gasteiger partial charge >= 0.3 is 0 Å². The molecule has 0 saturated heterocycles. The lowest BCUT2D eigenvalue weighted by atomic mass is 10.1. The Kier molecular flexibility index (Phi) is 15.9. The van der Waals surface area contributed by atoms with Crippen molar-refractivity contribution in [1.82, 2.24) is 10.6 Å². The molecule has 0 unspecified atom stereocenters. The van der Waals surface area contributed by atoms with Gasteiger partial charge in [0.2, 0.25) is 11.8 Å². The van der Waals surface area contributed by atoms with Gasteiger partial charge in [0.15, 0.2) is 5.78 Å². The van der Waals surface area contributed by atoms with Crippen LogP contribution in [0.5, 0.6) is 0 Å². The zero-order valence-electron chi connectivity index (χ0n) is 16.0. The van der Waals surface area contributed by atoms with E-state index in [1.165, 1.54) is 6.92 Å². The smallest absolute Gasteiger partial charge is 0.246 e. The van der Waals surface area contributed by atoms with E-state index in [2.05, 4.69) is 10.6 Å². The number of hydrogen-bond donors (Lipinski definition) is 2. The van der Waals surface area contributed by atoms with Crippen molar-refractivity contribution < 1.29 is 33.3 Å². The van der Waals surface area contributed by atoms with Gasteiger partial charge < -0.3 is 29.6 Å². The average molecular weight is 376 g/mol. The number of Topliss-reactive ketones (excluding diaryl/α,β-unsaturated/α-hetero) is 1. The Morgan fingerprint density at radius 1 is 0.731 bits per heavy atom. The molecule has 0 bridgehead atoms. The molecule has 0 aliphatic rings. The second-order valence-corrected chi connectivity index (χ2v) is 5.78. The summed E-state index contributed by atoms with van der Waals surface area (Å²) in [6, 6.07) is 0. The first-order chi connectivity index (χ1) is 12.4. The second-order valence-electron chi connectivity index (χ2n) is 5.78. The molecule has 0 radical (unpaired) electrons. The fraction of sp³-hybridized carbons (Fsp3) is 0.824. The van der Waals surface area contributed by atoms with Crippen LogP contribution in [0.3, 0.4) is 0 Å². The fourth-order valence-corrected chi connectivity index (χ4v) is 1.56. The molecular weight excluding hydrogens is 344 g/mol. The normalized spacial score (nSPS) is 10.8. The molecule has 0 heterocycles. The Morgan fingerprint density at radius 2 is 1.23 bits per heavy atom. The molecule has 0 rings (SSSR count). The van der Waals surface area contributed by atoms with Crippen molar-refractivity contribution >= 4 is 17.6 Å². The van der Waals surface area contributed by atoms with Crippen LogP contribution in [0.25, 0.3) is 0 Å². The number of hydrogen-bond acceptors (Lipinski definition) is 7. The van der Waals surface area contributed by atoms with Gasteiger partial charge in [0.25, 0.3) is 0 Å². The number of carbonyl (C=O) groups excluding carboxylic acids is 3. The van der Waals surface area contributed by atoms with Crippen LogP contribution in [0.4, 0.5) is 0 Å². The number of rotatable bonds is 17. The fourth-order valence-electron chi connectivity index (χ4n) is 1.56. The molecule has 0 saturated carbocycles. The molecule has 0 aliphatic heterocycles. The first kappa shape index (κ1) is 24.5. The van der Waals surface area contributed by atoms with Gasteiger partial charge in [-0.05, 0) is 0 Å². The van der Waals surface area contributed by atoms with Gasteiger partial charge in [-0.15, -0.1) is 0 Å². The van der Waals surface area contributed by atoms with E-state index in [1.54, 1.807) is 0 Å². The number of carbonyl (C=O) groups is 3. The molecule has 0 atom stereocenters. The van der Waals surface area contributed by atoms with Crippen molar-refractivity contribution in [1.29, 1.82) is 0 Å². The van der Waals surface area contributed by atoms with Gasteiger partial charge in [-0.1, -0.05) is 13.8 Å². The second kappa shape index (κ2) is 16.9. The van der Waals surface area contributed by atoms with Gasteiger partial charge in [-0.2, -0.15) is 0 Å². The number of ether oxygens (including phenoxy) is 4. The van der Waals surface area contributed by atoms with E-state index in [4.69, 9.17) is 18.9 Å². The summed E-state index contributed by atoms with van der Waals surface area (Å²) in [6.07, 6.45) is 0. The summed E-state index contributed by atoms with van der Waals surface area (Å²) in [7, 11) is 0. The van der Waals surface area contributed by atoms with E-state index < -0.39 is 0 Å². The van der Waals surface area contributed by atoms with E-state index in [-0.39, 0.29) is 36.7 Å². The van der Waals surface area contributed by atoms with Crippen LogP contribution in [-0.4, -0.2) is 83.5 Å². The summed E-state index contributed by atoms with van der Waals surface area (Å²) in [5.74, 6) is -0.288. The Bertz CT molecular complexity index is 403. The summed E-state index contributed by atoms with van der Waals surface area (Å²) in [5.41, 5.74) is 0. The Labute approximate surface area is 155 Å². The molecule has 2 amide bonds. The van der Waals surface area contributed by atoms with Crippen molar-refractivity contribution in [3.63, 3.8) is 0 Å². The molecule has 0 spiro atoms. The van der Waals surface area contributed by atoms with Gasteiger partial charge in [0.1, 0.15) is 13.2 Å². The lowest BCUT2D eigenvalue weighted by Gasteiger charge is -2.08. The lowest BCUT2D eigenvalue weighted by molar-refractivity contribution is -0.128. The van der Waals surface area contributed by atoms with Crippen LogP contribution in [0.1, 0.15) is 20.8 Å². The minimum Gasteiger partial charge on any atom is -0.377 e. The minimum absolute atomic E-state index is 0.0244. The molecule has 0 aliphatic carbocycles. The third-order valence-electron chi connectivity index (χ3n) is 3.05. The summed E-state index contributed by atoms with van der Waals surface area (Å²) in [6.45, 7) is 8.12. The molecule has 9 heteroatoms. The van der Waals surface area contributed by atoms with Gasteiger partial charge in [0, 0.05) is 25.9 Å². The maximum absolute atomic E-state index is 11.5. The molecule has 0 fully saturated rings. The molecule has 0 aromatic heterocycles. The van der Waals surface area contributed by atoms with Crippen LogP contribution in [0.2, 0.25) is 0 Å². The average Bonchev–Trinajstić information content (AvgIpc) is 2.58. The van der Waals surface area contributed by atoms with Crippen LogP contribution < -0.4 is 10.6 Å². The quantitative estimate of drug-likeness (QED) is 0.330. The first-order valence-electron chi connectivity index (χ1n) is 8.78. The highest BCUT2D eigenvalue weighted by Gasteiger charge is 2.06. The summed E-state index contributed by atoms with van der Waals surface area (Å²) < 4.78 is 20.8. The summed E-state index contributed by atoms with van der Waals surface area (Å²) >= 11 is 0. The lowest BCUT2D eigenvalue weighted by Crippen LogP contribution is -2.31. The Morgan fingerprint density at radius 3 is 1.77 bits per heavy atom. The maximum atomic E-state index is 11.5. The van der Waals surface area contributed by atoms with E-state index in [0.29, 0.717) is 52.7 Å². The summed E-state index contributed by atoms with van der Waals surface area (Å²) in [4.78, 5) is 33.4. The zero-order valence-corrected chi connectivity index (χ0v) is 16.0. The third-order valence-corrected chi connectivity index (χ3v) is 3.05. The highest BCUT2D eigenvalue weighted by molar-refractivity contribution is 5.81. The monoisotopic (exact) mass is 376 g/mol. The predicted molar refractivity (Wildman–Crippen MR) is 94.8 cm³/mol. The molecule has 0 aromatic carbocycles. The summed E-state index contributed by atoms with van der Waals surface area (Å²) in [5, 5.41) is 5.26. The van der Waals surface area contributed by atoms with Crippen LogP contribution in [0, 0.1) is 5.92 Å². The van der Waals surface area contributed by atoms with Crippen molar-refractivity contribution in [2.24, 2.45) is 5.92 Å². The SMILES string of the molecule is CC(=O)NCCOCCOCC(=O)NCCOCCOCC(=O)C(C)C. The zero-order chi connectivity index (χ0) is 19.6. The first-order valence-corrected chi connectivity index (χ1v) is 8.78. The topological polar surface area (TPSA) is 112 Å². The molecule has 9 nitrogen and oxygen atoms in total. The van der Waals surface area contributed by atoms with E-state index in [9.17, 15) is 14.4 Å². The predicted octanol–water partition coefficient (Wildman–Crippen LogP) is -0.470. The van der Waals surface area contributed by atoms with Crippen molar-refractivity contribution in [2.75, 3.05) is 65.9 Å². The number of ketones is 1. The van der Waals surface area contributed by atoms with E-state index >= 15 is 0 Å². The van der Waals surface area contributed by atoms with Gasteiger partial charge in [0.05, 0.1) is 39.6 Å². The number of nitrogens with one attached hydrogen (secondary N) is 2. The van der Waals surface area contributed by atoms with Crippen molar-refractivity contribution in [3.8, 4) is 0 Å². The van der Waals surface area contributed by atoms with Gasteiger partial charge in [-0.25, -0.2) is 0 Å². The molecule has 2 N–H and O–H groups in total. The van der Waals surface area contributed by atoms with Crippen LogP contribution in [0.15, 0.2) is 0 Å².